The van der Waals surface area contributed by atoms with Crippen molar-refractivity contribution in [3.8, 4) is 73.1 Å². The van der Waals surface area contributed by atoms with Crippen LogP contribution in [0.5, 0.6) is 11.5 Å². The smallest absolute Gasteiger partial charge is 0.131 e. The monoisotopic (exact) mass is 906 g/mol. The Morgan fingerprint density at radius 1 is 0.507 bits per heavy atom. The summed E-state index contributed by atoms with van der Waals surface area (Å²) in [5.41, 5.74) is 24.6. The van der Waals surface area contributed by atoms with Crippen LogP contribution in [0.3, 0.4) is 0 Å². The van der Waals surface area contributed by atoms with Crippen LogP contribution in [0.1, 0.15) is 33.4 Å². The van der Waals surface area contributed by atoms with Crippen LogP contribution >= 0.6 is 0 Å². The topological polar surface area (TPSA) is 27.1 Å². The first-order valence-corrected chi connectivity index (χ1v) is 24.5. The Balaban J connectivity index is 0.912. The standard InChI is InChI=1S/C68H46N2O/c1-3-4-25-52-51-26-12-14-28-58(51)68-59-39-47(31-33-53(59)55-34-36-66(57(67(55)68)42-60(52)68)71-65-30-16-11-18-43(65)2)46-32-35-64-56(38-46)54-27-13-15-29-63(54)70(64)50-24-17-23-48(37-50)62-41-49(44-19-7-5-8-20-44)40-61(69-62)45-21-9-6-10-22-45/h3-41H,1,42H2,2H3/b25-4-. The third-order valence-corrected chi connectivity index (χ3v) is 15.2. The highest BCUT2D eigenvalue weighted by Gasteiger charge is 2.57. The van der Waals surface area contributed by atoms with E-state index in [0.29, 0.717) is 0 Å². The fourth-order valence-electron chi connectivity index (χ4n) is 12.1. The SMILES string of the molecule is C=C/C=C\C1=C2Cc3c(Oc4ccccc4C)ccc4c3C2(c2ccccc21)c1cc(-c2ccc3c(c2)c2ccccc2n3-c2cccc(-c3cc(-c5ccccc5)cc(-c5ccccc5)n3)c2)ccc1-4. The molecule has 3 heteroatoms. The molecule has 0 aliphatic heterocycles. The van der Waals surface area contributed by atoms with Crippen LogP contribution in [-0.2, 0) is 11.8 Å². The molecule has 3 aliphatic rings. The van der Waals surface area contributed by atoms with Gasteiger partial charge in [0.25, 0.3) is 0 Å². The van der Waals surface area contributed by atoms with Crippen LogP contribution in [-0.4, -0.2) is 9.55 Å². The molecule has 3 nitrogen and oxygen atoms in total. The number of para-hydroxylation sites is 2. The number of allylic oxidation sites excluding steroid dienone is 5. The number of aryl methyl sites for hydroxylation is 1. The molecule has 0 fully saturated rings. The second-order valence-electron chi connectivity index (χ2n) is 19.0. The summed E-state index contributed by atoms with van der Waals surface area (Å²) in [4.78, 5) is 5.29. The molecule has 0 radical (unpaired) electrons. The van der Waals surface area contributed by atoms with Crippen LogP contribution < -0.4 is 4.74 Å². The third-order valence-electron chi connectivity index (χ3n) is 15.2. The van der Waals surface area contributed by atoms with Gasteiger partial charge in [-0.15, -0.1) is 0 Å². The number of pyridine rings is 1. The first-order chi connectivity index (χ1) is 35.1. The first kappa shape index (κ1) is 41.0. The van der Waals surface area contributed by atoms with E-state index in [2.05, 4.69) is 249 Å². The van der Waals surface area contributed by atoms with Crippen LogP contribution in [0, 0.1) is 6.92 Å². The fraction of sp³-hybridized carbons (Fsp3) is 0.0441. The van der Waals surface area contributed by atoms with Gasteiger partial charge >= 0.3 is 0 Å². The minimum absolute atomic E-state index is 0.443. The van der Waals surface area contributed by atoms with E-state index < -0.39 is 5.41 Å². The van der Waals surface area contributed by atoms with Crippen LogP contribution in [0.4, 0.5) is 0 Å². The van der Waals surface area contributed by atoms with E-state index in [0.717, 1.165) is 73.8 Å². The van der Waals surface area contributed by atoms with E-state index in [9.17, 15) is 0 Å². The molecule has 2 aromatic heterocycles. The van der Waals surface area contributed by atoms with E-state index in [1.165, 1.54) is 72.0 Å². The van der Waals surface area contributed by atoms with Crippen molar-refractivity contribution in [2.24, 2.45) is 0 Å². The minimum atomic E-state index is -0.443. The second-order valence-corrected chi connectivity index (χ2v) is 19.0. The van der Waals surface area contributed by atoms with E-state index in [1.807, 2.05) is 6.08 Å². The zero-order valence-electron chi connectivity index (χ0n) is 39.2. The maximum Gasteiger partial charge on any atom is 0.131 e. The van der Waals surface area contributed by atoms with Gasteiger partial charge in [-0.25, -0.2) is 4.98 Å². The molecule has 2 heterocycles. The van der Waals surface area contributed by atoms with E-state index in [4.69, 9.17) is 9.72 Å². The predicted octanol–water partition coefficient (Wildman–Crippen LogP) is 17.3. The molecule has 334 valence electrons. The number of benzene rings is 9. The summed E-state index contributed by atoms with van der Waals surface area (Å²) >= 11 is 0. The molecule has 3 aliphatic carbocycles. The quantitative estimate of drug-likeness (QED) is 0.135. The number of nitrogens with zero attached hydrogens (tertiary/aromatic N) is 2. The number of rotatable bonds is 9. The summed E-state index contributed by atoms with van der Waals surface area (Å²) in [6.45, 7) is 6.18. The zero-order chi connectivity index (χ0) is 47.2. The molecule has 1 atom stereocenters. The summed E-state index contributed by atoms with van der Waals surface area (Å²) in [5, 5.41) is 2.43. The number of ether oxygens (including phenoxy) is 1. The molecule has 0 N–H and O–H groups in total. The highest BCUT2D eigenvalue weighted by Crippen LogP contribution is 2.68. The Morgan fingerprint density at radius 3 is 2.04 bits per heavy atom. The van der Waals surface area contributed by atoms with Gasteiger partial charge < -0.3 is 9.30 Å². The van der Waals surface area contributed by atoms with Gasteiger partial charge in [-0.05, 0) is 146 Å². The Labute approximate surface area is 413 Å². The van der Waals surface area contributed by atoms with Crippen molar-refractivity contribution in [1.82, 2.24) is 9.55 Å². The summed E-state index contributed by atoms with van der Waals surface area (Å²) < 4.78 is 9.27. The van der Waals surface area contributed by atoms with E-state index in [-0.39, 0.29) is 0 Å². The van der Waals surface area contributed by atoms with Crippen LogP contribution in [0.15, 0.2) is 249 Å². The van der Waals surface area contributed by atoms with Crippen molar-refractivity contribution in [2.75, 3.05) is 0 Å². The molecule has 14 rings (SSSR count). The molecule has 71 heavy (non-hydrogen) atoms. The molecule has 0 saturated heterocycles. The number of hydrogen-bond donors (Lipinski definition) is 0. The number of aromatic nitrogens is 2. The number of hydrogen-bond acceptors (Lipinski definition) is 2. The van der Waals surface area contributed by atoms with Crippen LogP contribution in [0.2, 0.25) is 0 Å². The maximum atomic E-state index is 6.86. The van der Waals surface area contributed by atoms with Gasteiger partial charge in [-0.1, -0.05) is 183 Å². The van der Waals surface area contributed by atoms with Gasteiger partial charge in [0.2, 0.25) is 0 Å². The lowest BCUT2D eigenvalue weighted by Crippen LogP contribution is -2.24. The summed E-state index contributed by atoms with van der Waals surface area (Å²) in [6.07, 6.45) is 7.04. The lowest BCUT2D eigenvalue weighted by atomic mass is 9.72. The van der Waals surface area contributed by atoms with Crippen molar-refractivity contribution in [2.45, 2.75) is 18.8 Å². The lowest BCUT2D eigenvalue weighted by Gasteiger charge is -2.28. The molecular formula is C68H46N2O. The Bertz CT molecular complexity index is 4020. The summed E-state index contributed by atoms with van der Waals surface area (Å²) in [7, 11) is 0. The van der Waals surface area contributed by atoms with Crippen molar-refractivity contribution in [3.05, 3.63) is 282 Å². The average molecular weight is 907 g/mol. The Morgan fingerprint density at radius 2 is 1.20 bits per heavy atom. The van der Waals surface area contributed by atoms with Gasteiger partial charge in [0.15, 0.2) is 0 Å². The van der Waals surface area contributed by atoms with E-state index in [1.54, 1.807) is 0 Å². The largest absolute Gasteiger partial charge is 0.457 e. The number of fused-ring (bicyclic) bond motifs is 6. The molecule has 0 saturated carbocycles. The minimum Gasteiger partial charge on any atom is -0.457 e. The first-order valence-electron chi connectivity index (χ1n) is 24.5. The molecule has 9 aromatic carbocycles. The van der Waals surface area contributed by atoms with Crippen molar-refractivity contribution in [3.63, 3.8) is 0 Å². The van der Waals surface area contributed by atoms with Crippen molar-refractivity contribution in [1.29, 1.82) is 0 Å². The Kier molecular flexibility index (Phi) is 9.24. The molecule has 1 spiro atoms. The second kappa shape index (κ2) is 16.0. The van der Waals surface area contributed by atoms with Crippen molar-refractivity contribution >= 4 is 27.4 Å². The van der Waals surface area contributed by atoms with Crippen molar-refractivity contribution < 1.29 is 4.74 Å². The summed E-state index contributed by atoms with van der Waals surface area (Å²) in [6, 6.07) is 79.2. The normalized spacial score (nSPS) is 15.1. The highest BCUT2D eigenvalue weighted by molar-refractivity contribution is 6.11. The zero-order valence-corrected chi connectivity index (χ0v) is 39.2. The van der Waals surface area contributed by atoms with Gasteiger partial charge in [0.1, 0.15) is 11.5 Å². The Hall–Kier alpha value is -9.05. The highest BCUT2D eigenvalue weighted by atomic mass is 16.5. The summed E-state index contributed by atoms with van der Waals surface area (Å²) in [5.74, 6) is 1.82. The average Bonchev–Trinajstić information content (AvgIpc) is 4.15. The molecular weight excluding hydrogens is 861 g/mol. The maximum absolute atomic E-state index is 6.86. The third kappa shape index (κ3) is 6.19. The van der Waals surface area contributed by atoms with Gasteiger partial charge in [0.05, 0.1) is 27.8 Å². The molecule has 1 unspecified atom stereocenters. The van der Waals surface area contributed by atoms with Crippen LogP contribution in [0.25, 0.3) is 89.0 Å². The predicted molar refractivity (Wildman–Crippen MR) is 293 cm³/mol. The molecule has 0 amide bonds. The molecule has 0 bridgehead atoms. The van der Waals surface area contributed by atoms with Gasteiger partial charge in [-0.3, -0.25) is 0 Å². The van der Waals surface area contributed by atoms with Gasteiger partial charge in [-0.2, -0.15) is 0 Å². The molecule has 11 aromatic rings. The lowest BCUT2D eigenvalue weighted by molar-refractivity contribution is 0.474. The van der Waals surface area contributed by atoms with E-state index >= 15 is 0 Å². The fourth-order valence-corrected chi connectivity index (χ4v) is 12.1. The van der Waals surface area contributed by atoms with Gasteiger partial charge in [0, 0.05) is 33.2 Å².